The minimum absolute atomic E-state index is 0.0301. The topological polar surface area (TPSA) is 93.1 Å². The third-order valence-electron chi connectivity index (χ3n) is 10.1. The number of aryl methyl sites for hydroxylation is 1. The van der Waals surface area contributed by atoms with Crippen LogP contribution >= 0.6 is 0 Å². The highest BCUT2D eigenvalue weighted by Crippen LogP contribution is 2.42. The number of halogens is 3. The van der Waals surface area contributed by atoms with Crippen molar-refractivity contribution >= 4 is 27.5 Å². The molecule has 1 N–H and O–H groups in total. The van der Waals surface area contributed by atoms with Crippen LogP contribution in [0.25, 0.3) is 32.9 Å². The lowest BCUT2D eigenvalue weighted by Gasteiger charge is -2.41. The van der Waals surface area contributed by atoms with Crippen LogP contribution in [-0.2, 0) is 15.9 Å². The number of alkyl halides is 1. The first-order chi connectivity index (χ1) is 22.2. The SMILES string of the molecule is CCc1c(F)ccc2cc(O)cc(-c3ncc4c(N5CCCC(OC)(OC)C5)nc(OCC56CCCN5C[C@H](F)C6)nc4c3F)c12. The van der Waals surface area contributed by atoms with E-state index in [1.165, 1.54) is 24.4 Å². The molecule has 3 aliphatic rings. The number of anilines is 1. The molecule has 244 valence electrons. The first-order valence-corrected chi connectivity index (χ1v) is 15.9. The van der Waals surface area contributed by atoms with Crippen molar-refractivity contribution in [3.05, 3.63) is 47.7 Å². The molecule has 0 aliphatic carbocycles. The zero-order valence-corrected chi connectivity index (χ0v) is 26.3. The Bertz CT molecular complexity index is 1800. The molecule has 46 heavy (non-hydrogen) atoms. The second-order valence-electron chi connectivity index (χ2n) is 12.7. The van der Waals surface area contributed by atoms with Crippen LogP contribution in [0.1, 0.15) is 44.6 Å². The standard InChI is InChI=1S/C34H38F3N5O4/c1-4-23-26(36)8-7-20-13-22(43)14-24(27(20)23)29-28(37)30-25(16-38-29)31(41-11-6-10-34(18-41,44-2)45-3)40-32(39-30)46-19-33-9-5-12-42(33)17-21(35)15-33/h7-8,13-14,16,21,43H,4-6,9-12,15,17-19H2,1-3H3/t21-,33?/m1/s1. The van der Waals surface area contributed by atoms with E-state index < -0.39 is 29.1 Å². The van der Waals surface area contributed by atoms with Crippen molar-refractivity contribution in [3.63, 3.8) is 0 Å². The van der Waals surface area contributed by atoms with Gasteiger partial charge in [-0.1, -0.05) is 13.0 Å². The average molecular weight is 638 g/mol. The summed E-state index contributed by atoms with van der Waals surface area (Å²) in [7, 11) is 3.18. The molecule has 9 nitrogen and oxygen atoms in total. The lowest BCUT2D eigenvalue weighted by atomic mass is 9.94. The van der Waals surface area contributed by atoms with E-state index in [1.807, 2.05) is 11.8 Å². The molecule has 3 fully saturated rings. The number of hydrogen-bond acceptors (Lipinski definition) is 9. The van der Waals surface area contributed by atoms with Gasteiger partial charge < -0.3 is 24.2 Å². The Kier molecular flexibility index (Phi) is 7.93. The first kappa shape index (κ1) is 30.9. The van der Waals surface area contributed by atoms with Crippen molar-refractivity contribution < 1.29 is 32.5 Å². The van der Waals surface area contributed by atoms with Gasteiger partial charge in [0.2, 0.25) is 0 Å². The van der Waals surface area contributed by atoms with Crippen molar-refractivity contribution in [1.82, 2.24) is 19.9 Å². The Balaban J connectivity index is 1.38. The van der Waals surface area contributed by atoms with Crippen LogP contribution in [-0.4, -0.2) is 89.5 Å². The monoisotopic (exact) mass is 637 g/mol. The number of ether oxygens (including phenoxy) is 3. The maximum Gasteiger partial charge on any atom is 0.319 e. The summed E-state index contributed by atoms with van der Waals surface area (Å²) < 4.78 is 64.1. The van der Waals surface area contributed by atoms with Crippen LogP contribution in [0.4, 0.5) is 19.0 Å². The molecule has 3 saturated heterocycles. The molecule has 0 amide bonds. The fourth-order valence-electron chi connectivity index (χ4n) is 7.78. The van der Waals surface area contributed by atoms with Gasteiger partial charge in [-0.15, -0.1) is 0 Å². The fourth-order valence-corrected chi connectivity index (χ4v) is 7.78. The molecular weight excluding hydrogens is 599 g/mol. The lowest BCUT2D eigenvalue weighted by Crippen LogP contribution is -2.51. The Morgan fingerprint density at radius 3 is 2.65 bits per heavy atom. The van der Waals surface area contributed by atoms with Crippen molar-refractivity contribution in [2.75, 3.05) is 51.9 Å². The summed E-state index contributed by atoms with van der Waals surface area (Å²) in [5.74, 6) is -1.75. The molecule has 0 bridgehead atoms. The van der Waals surface area contributed by atoms with E-state index in [0.29, 0.717) is 66.4 Å². The molecule has 0 radical (unpaired) electrons. The second-order valence-corrected chi connectivity index (χ2v) is 12.7. The lowest BCUT2D eigenvalue weighted by molar-refractivity contribution is -0.209. The largest absolute Gasteiger partial charge is 0.508 e. The Morgan fingerprint density at radius 2 is 1.87 bits per heavy atom. The number of benzene rings is 2. The minimum atomic E-state index is -0.928. The third-order valence-corrected chi connectivity index (χ3v) is 10.1. The van der Waals surface area contributed by atoms with Crippen molar-refractivity contribution in [2.45, 2.75) is 62.9 Å². The van der Waals surface area contributed by atoms with Gasteiger partial charge in [0.1, 0.15) is 41.4 Å². The first-order valence-electron chi connectivity index (χ1n) is 15.9. The predicted octanol–water partition coefficient (Wildman–Crippen LogP) is 5.94. The number of nitrogens with zero attached hydrogens (tertiary/aromatic N) is 5. The average Bonchev–Trinajstić information content (AvgIpc) is 3.59. The maximum absolute atomic E-state index is 16.9. The van der Waals surface area contributed by atoms with Gasteiger partial charge in [-0.2, -0.15) is 9.97 Å². The van der Waals surface area contributed by atoms with Gasteiger partial charge in [-0.05, 0) is 66.8 Å². The highest BCUT2D eigenvalue weighted by Gasteiger charge is 2.49. The van der Waals surface area contributed by atoms with Gasteiger partial charge in [0.25, 0.3) is 0 Å². The zero-order chi connectivity index (χ0) is 32.2. The van der Waals surface area contributed by atoms with E-state index in [0.717, 1.165) is 25.8 Å². The van der Waals surface area contributed by atoms with Crippen LogP contribution in [0.5, 0.6) is 11.8 Å². The molecule has 3 aliphatic heterocycles. The van der Waals surface area contributed by atoms with E-state index >= 15 is 4.39 Å². The smallest absolute Gasteiger partial charge is 0.319 e. The highest BCUT2D eigenvalue weighted by atomic mass is 19.1. The molecule has 1 unspecified atom stereocenters. The van der Waals surface area contributed by atoms with Crippen LogP contribution in [0.2, 0.25) is 0 Å². The quantitative estimate of drug-likeness (QED) is 0.236. The van der Waals surface area contributed by atoms with Crippen LogP contribution in [0, 0.1) is 11.6 Å². The number of pyridine rings is 1. The number of methoxy groups -OCH3 is 2. The summed E-state index contributed by atoms with van der Waals surface area (Å²) in [6, 6.07) is 5.79. The molecule has 2 aromatic carbocycles. The van der Waals surface area contributed by atoms with Gasteiger partial charge in [0, 0.05) is 51.9 Å². The summed E-state index contributed by atoms with van der Waals surface area (Å²) in [5.41, 5.74) is 0.0886. The number of phenols is 1. The summed E-state index contributed by atoms with van der Waals surface area (Å²) >= 11 is 0. The normalized spacial score (nSPS) is 23.0. The summed E-state index contributed by atoms with van der Waals surface area (Å²) in [6.07, 6.45) is 4.45. The Morgan fingerprint density at radius 1 is 1.07 bits per heavy atom. The molecule has 0 saturated carbocycles. The number of aromatic nitrogens is 3. The van der Waals surface area contributed by atoms with Crippen molar-refractivity contribution in [3.8, 4) is 23.0 Å². The number of hydrogen-bond donors (Lipinski definition) is 1. The van der Waals surface area contributed by atoms with E-state index in [2.05, 4.69) is 14.9 Å². The van der Waals surface area contributed by atoms with Gasteiger partial charge in [-0.25, -0.2) is 13.2 Å². The maximum atomic E-state index is 16.9. The van der Waals surface area contributed by atoms with Gasteiger partial charge in [-0.3, -0.25) is 9.88 Å². The van der Waals surface area contributed by atoms with Crippen LogP contribution in [0.3, 0.4) is 0 Å². The highest BCUT2D eigenvalue weighted by molar-refractivity contribution is 6.01. The molecule has 12 heteroatoms. The van der Waals surface area contributed by atoms with E-state index in [9.17, 15) is 13.9 Å². The summed E-state index contributed by atoms with van der Waals surface area (Å²) in [5, 5.41) is 12.0. The predicted molar refractivity (Wildman–Crippen MR) is 168 cm³/mol. The van der Waals surface area contributed by atoms with Crippen molar-refractivity contribution in [1.29, 1.82) is 0 Å². The van der Waals surface area contributed by atoms with Gasteiger partial charge in [0.05, 0.1) is 17.5 Å². The number of phenolic OH excluding ortho intramolecular Hbond substituents is 1. The number of piperidine rings is 1. The Labute approximate surface area is 265 Å². The molecule has 4 aromatic rings. The Hall–Kier alpha value is -3.74. The van der Waals surface area contributed by atoms with E-state index in [4.69, 9.17) is 19.2 Å². The number of fused-ring (bicyclic) bond motifs is 3. The van der Waals surface area contributed by atoms with Crippen molar-refractivity contribution in [2.24, 2.45) is 0 Å². The number of aromatic hydroxyl groups is 1. The summed E-state index contributed by atoms with van der Waals surface area (Å²) in [6.45, 7) is 4.10. The third kappa shape index (κ3) is 5.10. The zero-order valence-electron chi connectivity index (χ0n) is 26.3. The summed E-state index contributed by atoms with van der Waals surface area (Å²) in [4.78, 5) is 17.9. The fraction of sp³-hybridized carbons (Fsp3) is 0.500. The second kappa shape index (κ2) is 11.8. The molecule has 2 aromatic heterocycles. The van der Waals surface area contributed by atoms with Gasteiger partial charge in [0.15, 0.2) is 11.6 Å². The van der Waals surface area contributed by atoms with Crippen LogP contribution in [0.15, 0.2) is 30.5 Å². The molecule has 5 heterocycles. The van der Waals surface area contributed by atoms with Crippen LogP contribution < -0.4 is 9.64 Å². The number of rotatable bonds is 8. The molecule has 2 atom stereocenters. The van der Waals surface area contributed by atoms with E-state index in [1.54, 1.807) is 20.3 Å². The van der Waals surface area contributed by atoms with Gasteiger partial charge >= 0.3 is 6.01 Å². The van der Waals surface area contributed by atoms with E-state index in [-0.39, 0.29) is 35.1 Å². The molecule has 7 rings (SSSR count). The molecular formula is C34H38F3N5O4. The molecule has 0 spiro atoms. The minimum Gasteiger partial charge on any atom is -0.508 e.